The summed E-state index contributed by atoms with van der Waals surface area (Å²) in [6.45, 7) is -0.466. The minimum atomic E-state index is -5.13. The maximum Gasteiger partial charge on any atom is 0.416 e. The zero-order valence-corrected chi connectivity index (χ0v) is 21.1. The lowest BCUT2D eigenvalue weighted by Crippen LogP contribution is -2.66. The van der Waals surface area contributed by atoms with Crippen LogP contribution >= 0.6 is 0 Å². The molecule has 3 rings (SSSR count). The molecule has 0 aliphatic carbocycles. The molecule has 1 aromatic heterocycles. The number of halogens is 3. The fourth-order valence-corrected chi connectivity index (χ4v) is 3.75. The van der Waals surface area contributed by atoms with Crippen LogP contribution < -0.4 is 16.6 Å². The molecule has 0 aliphatic heterocycles. The van der Waals surface area contributed by atoms with Gasteiger partial charge in [0.2, 0.25) is 0 Å². The number of pyridine rings is 1. The number of esters is 2. The number of carbonyl (C=O) groups excluding carboxylic acids is 3. The fourth-order valence-electron chi connectivity index (χ4n) is 3.75. The predicted octanol–water partition coefficient (Wildman–Crippen LogP) is 1.64. The Morgan fingerprint density at radius 1 is 0.975 bits per heavy atom. The highest BCUT2D eigenvalue weighted by Gasteiger charge is 2.50. The minimum Gasteiger partial charge on any atom is -0.465 e. The number of nitrogens with two attached hydrogens (primary N) is 1. The number of aliphatic hydroxyl groups is 1. The van der Waals surface area contributed by atoms with Crippen molar-refractivity contribution in [2.75, 3.05) is 7.11 Å². The van der Waals surface area contributed by atoms with Gasteiger partial charge in [-0.3, -0.25) is 19.9 Å². The number of methoxy groups -OCH3 is 1. The second-order valence-electron chi connectivity index (χ2n) is 8.70. The number of carbonyl (C=O) groups is 3. The van der Waals surface area contributed by atoms with Gasteiger partial charge in [0.05, 0.1) is 18.7 Å². The van der Waals surface area contributed by atoms with E-state index in [1.807, 2.05) is 5.32 Å². The van der Waals surface area contributed by atoms with Crippen molar-refractivity contribution in [3.05, 3.63) is 106 Å². The molecule has 0 spiro atoms. The standard InChI is InChI=1S/C27H26F3N3O7/c1-39-23(36)19-12-10-18(11-13-19)16-40-25(38)26(31,33-14-6-5-9-21(33)34)24(37)32-20(22(35)27(28,29)30)15-17-7-3-2-4-8-17/h2-14,20,22,35H,15-16,31H2,1H3,(H,32,37). The van der Waals surface area contributed by atoms with Crippen LogP contribution in [0.1, 0.15) is 21.5 Å². The van der Waals surface area contributed by atoms with Gasteiger partial charge in [-0.25, -0.2) is 9.59 Å². The van der Waals surface area contributed by atoms with Crippen molar-refractivity contribution in [1.29, 1.82) is 0 Å². The van der Waals surface area contributed by atoms with Gasteiger partial charge in [0.15, 0.2) is 6.10 Å². The van der Waals surface area contributed by atoms with E-state index in [1.165, 1.54) is 55.6 Å². The zero-order chi connectivity index (χ0) is 29.5. The summed E-state index contributed by atoms with van der Waals surface area (Å²) in [5, 5.41) is 12.0. The van der Waals surface area contributed by atoms with Gasteiger partial charge in [-0.05, 0) is 35.7 Å². The Morgan fingerprint density at radius 2 is 1.60 bits per heavy atom. The van der Waals surface area contributed by atoms with Crippen molar-refractivity contribution in [3.63, 3.8) is 0 Å². The highest BCUT2D eigenvalue weighted by Crippen LogP contribution is 2.25. The summed E-state index contributed by atoms with van der Waals surface area (Å²) in [5.74, 6) is -3.58. The molecular formula is C27H26F3N3O7. The molecule has 13 heteroatoms. The van der Waals surface area contributed by atoms with Crippen LogP contribution in [0.5, 0.6) is 0 Å². The van der Waals surface area contributed by atoms with E-state index < -0.39 is 60.4 Å². The normalized spacial score (nSPS) is 14.3. The van der Waals surface area contributed by atoms with Gasteiger partial charge in [-0.1, -0.05) is 48.5 Å². The third-order valence-electron chi connectivity index (χ3n) is 5.94. The van der Waals surface area contributed by atoms with Gasteiger partial charge in [0.1, 0.15) is 6.61 Å². The number of nitrogens with zero attached hydrogens (tertiary/aromatic N) is 1. The third kappa shape index (κ3) is 6.93. The lowest BCUT2D eigenvalue weighted by Gasteiger charge is -2.32. The SMILES string of the molecule is COC(=O)c1ccc(COC(=O)C(N)(C(=O)NC(Cc2ccccc2)C(O)C(F)(F)F)n2ccccc2=O)cc1. The summed E-state index contributed by atoms with van der Waals surface area (Å²) in [5.41, 5.74) is 3.20. The van der Waals surface area contributed by atoms with Crippen LogP contribution in [0, 0.1) is 0 Å². The Bertz CT molecular complexity index is 1390. The van der Waals surface area contributed by atoms with Crippen LogP contribution in [0.4, 0.5) is 13.2 Å². The smallest absolute Gasteiger partial charge is 0.416 e. The molecule has 212 valence electrons. The highest BCUT2D eigenvalue weighted by atomic mass is 19.4. The lowest BCUT2D eigenvalue weighted by atomic mass is 9.99. The predicted molar refractivity (Wildman–Crippen MR) is 135 cm³/mol. The average molecular weight is 562 g/mol. The molecule has 0 bridgehead atoms. The van der Waals surface area contributed by atoms with Crippen molar-refractivity contribution < 1.29 is 42.1 Å². The van der Waals surface area contributed by atoms with Crippen molar-refractivity contribution >= 4 is 17.8 Å². The van der Waals surface area contributed by atoms with E-state index in [9.17, 15) is 37.5 Å². The van der Waals surface area contributed by atoms with E-state index >= 15 is 0 Å². The second-order valence-corrected chi connectivity index (χ2v) is 8.70. The van der Waals surface area contributed by atoms with E-state index in [2.05, 4.69) is 4.74 Å². The first-order valence-electron chi connectivity index (χ1n) is 11.8. The zero-order valence-electron chi connectivity index (χ0n) is 21.1. The van der Waals surface area contributed by atoms with Crippen LogP contribution in [0.15, 0.2) is 83.8 Å². The number of nitrogens with one attached hydrogen (secondary N) is 1. The molecule has 10 nitrogen and oxygen atoms in total. The molecule has 0 saturated carbocycles. The number of aliphatic hydroxyl groups excluding tert-OH is 1. The van der Waals surface area contributed by atoms with E-state index in [0.29, 0.717) is 15.7 Å². The summed E-state index contributed by atoms with van der Waals surface area (Å²) < 4.78 is 50.8. The first-order valence-corrected chi connectivity index (χ1v) is 11.8. The minimum absolute atomic E-state index is 0.216. The van der Waals surface area contributed by atoms with Gasteiger partial charge in [-0.2, -0.15) is 13.2 Å². The van der Waals surface area contributed by atoms with E-state index in [-0.39, 0.29) is 5.56 Å². The van der Waals surface area contributed by atoms with Crippen molar-refractivity contribution in [1.82, 2.24) is 9.88 Å². The van der Waals surface area contributed by atoms with Crippen molar-refractivity contribution in [2.24, 2.45) is 5.73 Å². The first-order chi connectivity index (χ1) is 18.9. The molecule has 3 atom stereocenters. The van der Waals surface area contributed by atoms with Gasteiger partial charge >= 0.3 is 18.1 Å². The van der Waals surface area contributed by atoms with Crippen molar-refractivity contribution in [2.45, 2.75) is 37.0 Å². The molecule has 40 heavy (non-hydrogen) atoms. The van der Waals surface area contributed by atoms with Crippen molar-refractivity contribution in [3.8, 4) is 0 Å². The Balaban J connectivity index is 1.92. The van der Waals surface area contributed by atoms with E-state index in [1.54, 1.807) is 18.2 Å². The number of alkyl halides is 3. The molecule has 3 aromatic rings. The number of amides is 1. The van der Waals surface area contributed by atoms with Crippen LogP contribution in [0.25, 0.3) is 0 Å². The number of hydrogen-bond acceptors (Lipinski definition) is 8. The maximum atomic E-state index is 13.5. The third-order valence-corrected chi connectivity index (χ3v) is 5.94. The molecule has 1 amide bonds. The molecule has 2 aromatic carbocycles. The van der Waals surface area contributed by atoms with Gasteiger partial charge < -0.3 is 19.9 Å². The lowest BCUT2D eigenvalue weighted by molar-refractivity contribution is -0.212. The van der Waals surface area contributed by atoms with Crippen LogP contribution in [0.3, 0.4) is 0 Å². The summed E-state index contributed by atoms with van der Waals surface area (Å²) >= 11 is 0. The van der Waals surface area contributed by atoms with Gasteiger partial charge in [0, 0.05) is 12.3 Å². The maximum absolute atomic E-state index is 13.5. The monoisotopic (exact) mass is 561 g/mol. The summed E-state index contributed by atoms with van der Waals surface area (Å²) in [6.07, 6.45) is -7.64. The Hall–Kier alpha value is -4.49. The Morgan fingerprint density at radius 3 is 2.17 bits per heavy atom. The molecule has 4 N–H and O–H groups in total. The largest absolute Gasteiger partial charge is 0.465 e. The summed E-state index contributed by atoms with van der Waals surface area (Å²) in [7, 11) is 1.20. The molecule has 3 unspecified atom stereocenters. The number of rotatable bonds is 10. The summed E-state index contributed by atoms with van der Waals surface area (Å²) in [6, 6.07) is 15.0. The van der Waals surface area contributed by atoms with Gasteiger partial charge in [-0.15, -0.1) is 0 Å². The second kappa shape index (κ2) is 12.6. The fraction of sp³-hybridized carbons (Fsp3) is 0.259. The van der Waals surface area contributed by atoms with Crippen LogP contribution in [-0.4, -0.2) is 53.0 Å². The molecule has 0 fully saturated rings. The molecule has 0 saturated heterocycles. The molecule has 0 radical (unpaired) electrons. The Labute approximate surface area is 226 Å². The van der Waals surface area contributed by atoms with E-state index in [4.69, 9.17) is 10.5 Å². The number of hydrogen-bond donors (Lipinski definition) is 3. The highest BCUT2D eigenvalue weighted by molar-refractivity contribution is 6.04. The Kier molecular flexibility index (Phi) is 9.45. The number of ether oxygens (including phenoxy) is 2. The molecular weight excluding hydrogens is 535 g/mol. The molecule has 0 aliphatic rings. The molecule has 1 heterocycles. The number of aromatic nitrogens is 1. The topological polar surface area (TPSA) is 150 Å². The number of benzene rings is 2. The quantitative estimate of drug-likeness (QED) is 0.250. The average Bonchev–Trinajstić information content (AvgIpc) is 2.94. The van der Waals surface area contributed by atoms with Gasteiger partial charge in [0.25, 0.3) is 17.1 Å². The first kappa shape index (κ1) is 30.1. The van der Waals surface area contributed by atoms with Crippen LogP contribution in [-0.2, 0) is 37.8 Å². The summed E-state index contributed by atoms with van der Waals surface area (Å²) in [4.78, 5) is 50.8. The van der Waals surface area contributed by atoms with E-state index in [0.717, 1.165) is 12.3 Å². The van der Waals surface area contributed by atoms with Crippen LogP contribution in [0.2, 0.25) is 0 Å².